The van der Waals surface area contributed by atoms with Crippen LogP contribution in [-0.2, 0) is 27.0 Å². The molecular weight excluding hydrogens is 568 g/mol. The Morgan fingerprint density at radius 1 is 1.27 bits per heavy atom. The molecule has 1 amide bonds. The highest BCUT2D eigenvalue weighted by Gasteiger charge is 2.24. The molecule has 33 heavy (non-hydrogen) atoms. The van der Waals surface area contributed by atoms with Gasteiger partial charge in [-0.15, -0.1) is 0 Å². The zero-order valence-electron chi connectivity index (χ0n) is 17.8. The van der Waals surface area contributed by atoms with Gasteiger partial charge in [-0.1, -0.05) is 0 Å². The Labute approximate surface area is 204 Å². The first-order chi connectivity index (χ1) is 15.7. The van der Waals surface area contributed by atoms with Crippen LogP contribution in [0.5, 0.6) is 0 Å². The van der Waals surface area contributed by atoms with E-state index in [9.17, 15) is 22.4 Å². The summed E-state index contributed by atoms with van der Waals surface area (Å²) in [5, 5.41) is 3.02. The second-order valence-corrected chi connectivity index (χ2v) is 9.17. The van der Waals surface area contributed by atoms with Crippen molar-refractivity contribution >= 4 is 56.5 Å². The van der Waals surface area contributed by atoms with Crippen molar-refractivity contribution in [2.75, 3.05) is 20.7 Å². The van der Waals surface area contributed by atoms with Crippen molar-refractivity contribution < 1.29 is 31.6 Å². The topological polar surface area (TPSA) is 119 Å². The number of esters is 1. The van der Waals surface area contributed by atoms with Crippen LogP contribution in [0.15, 0.2) is 34.7 Å². The molecule has 0 aliphatic carbocycles. The van der Waals surface area contributed by atoms with E-state index >= 15 is 0 Å². The van der Waals surface area contributed by atoms with Crippen LogP contribution in [0.4, 0.5) is 4.39 Å². The van der Waals surface area contributed by atoms with E-state index in [1.54, 1.807) is 6.07 Å². The van der Waals surface area contributed by atoms with E-state index in [0.717, 1.165) is 0 Å². The van der Waals surface area contributed by atoms with E-state index in [4.69, 9.17) is 4.42 Å². The standard InChI is InChI=1S/C21H21FIN3O6S/c1-24-20(28)18-14-10-15(23)16(11-26(33(29)30)9-3-4-17(27)31-2)25-21(14)32-19(18)12-5-7-13(22)8-6-12/h5-8,10,33H,3-4,9,11H2,1-2H3,(H,24,28). The van der Waals surface area contributed by atoms with Gasteiger partial charge in [0.1, 0.15) is 11.6 Å². The fourth-order valence-corrected chi connectivity index (χ4v) is 4.36. The van der Waals surface area contributed by atoms with E-state index in [-0.39, 0.29) is 36.5 Å². The van der Waals surface area contributed by atoms with E-state index in [2.05, 4.69) is 15.0 Å². The number of methoxy groups -OCH3 is 1. The van der Waals surface area contributed by atoms with Gasteiger partial charge < -0.3 is 14.5 Å². The molecule has 0 bridgehead atoms. The number of rotatable bonds is 9. The normalized spacial score (nSPS) is 11.3. The van der Waals surface area contributed by atoms with Gasteiger partial charge in [-0.2, -0.15) is 4.31 Å². The lowest BCUT2D eigenvalue weighted by molar-refractivity contribution is -0.140. The summed E-state index contributed by atoms with van der Waals surface area (Å²) in [6, 6.07) is 7.21. The lowest BCUT2D eigenvalue weighted by Crippen LogP contribution is -2.24. The van der Waals surface area contributed by atoms with Crippen molar-refractivity contribution in [1.29, 1.82) is 0 Å². The van der Waals surface area contributed by atoms with Crippen LogP contribution in [-0.4, -0.2) is 50.3 Å². The van der Waals surface area contributed by atoms with Gasteiger partial charge in [-0.25, -0.2) is 17.8 Å². The molecule has 2 aromatic heterocycles. The molecule has 0 aliphatic rings. The van der Waals surface area contributed by atoms with Gasteiger partial charge >= 0.3 is 5.97 Å². The summed E-state index contributed by atoms with van der Waals surface area (Å²) in [6.07, 6.45) is 0.388. The number of carbonyl (C=O) groups excluding carboxylic acids is 2. The third-order valence-electron chi connectivity index (χ3n) is 4.86. The van der Waals surface area contributed by atoms with E-state index in [0.29, 0.717) is 26.6 Å². The number of hydrogen-bond donors (Lipinski definition) is 2. The maximum atomic E-state index is 13.4. The number of ether oxygens (including phenoxy) is 1. The first kappa shape index (κ1) is 25.1. The number of nitrogens with one attached hydrogen (secondary N) is 1. The van der Waals surface area contributed by atoms with Crippen LogP contribution in [0.25, 0.3) is 22.4 Å². The molecule has 1 aromatic carbocycles. The Balaban J connectivity index is 1.99. The van der Waals surface area contributed by atoms with E-state index in [1.165, 1.54) is 42.7 Å². The Morgan fingerprint density at radius 2 is 1.97 bits per heavy atom. The molecule has 0 unspecified atom stereocenters. The first-order valence-electron chi connectivity index (χ1n) is 9.81. The Kier molecular flexibility index (Phi) is 8.37. The second kappa shape index (κ2) is 11.0. The lowest BCUT2D eigenvalue weighted by atomic mass is 10.1. The van der Waals surface area contributed by atoms with Gasteiger partial charge in [0.15, 0.2) is 0 Å². The average molecular weight is 589 g/mol. The third kappa shape index (κ3) is 5.86. The van der Waals surface area contributed by atoms with E-state index in [1.807, 2.05) is 22.6 Å². The van der Waals surface area contributed by atoms with Crippen LogP contribution >= 0.6 is 22.6 Å². The minimum absolute atomic E-state index is 0.0318. The average Bonchev–Trinajstić information content (AvgIpc) is 3.16. The van der Waals surface area contributed by atoms with Crippen molar-refractivity contribution in [1.82, 2.24) is 14.6 Å². The van der Waals surface area contributed by atoms with Crippen molar-refractivity contribution in [2.45, 2.75) is 19.4 Å². The summed E-state index contributed by atoms with van der Waals surface area (Å²) in [6.45, 7) is 0.0854. The molecule has 0 saturated carbocycles. The van der Waals surface area contributed by atoms with Crippen LogP contribution < -0.4 is 5.32 Å². The van der Waals surface area contributed by atoms with Gasteiger partial charge in [-0.05, 0) is 59.3 Å². The van der Waals surface area contributed by atoms with Crippen LogP contribution in [0.3, 0.4) is 0 Å². The van der Waals surface area contributed by atoms with Crippen LogP contribution in [0.2, 0.25) is 0 Å². The highest BCUT2D eigenvalue weighted by atomic mass is 127. The molecule has 0 aliphatic heterocycles. The minimum Gasteiger partial charge on any atom is -0.469 e. The summed E-state index contributed by atoms with van der Waals surface area (Å²) < 4.78 is 49.1. The van der Waals surface area contributed by atoms with Gasteiger partial charge in [-0.3, -0.25) is 9.59 Å². The van der Waals surface area contributed by atoms with Gasteiger partial charge in [0.05, 0.1) is 30.3 Å². The van der Waals surface area contributed by atoms with Crippen molar-refractivity contribution in [3.63, 3.8) is 0 Å². The number of pyridine rings is 1. The van der Waals surface area contributed by atoms with Crippen molar-refractivity contribution in [3.8, 4) is 11.3 Å². The molecular formula is C21H21FIN3O6S. The zero-order valence-corrected chi connectivity index (χ0v) is 20.8. The zero-order chi connectivity index (χ0) is 24.1. The number of amides is 1. The summed E-state index contributed by atoms with van der Waals surface area (Å²) in [5.74, 6) is -1.01. The largest absolute Gasteiger partial charge is 0.469 e. The molecule has 0 saturated heterocycles. The fraction of sp³-hybridized carbons (Fsp3) is 0.286. The number of furan rings is 1. The number of thiol groups is 1. The summed E-state index contributed by atoms with van der Waals surface area (Å²) in [4.78, 5) is 28.4. The number of carbonyl (C=O) groups is 2. The number of aromatic nitrogens is 1. The summed E-state index contributed by atoms with van der Waals surface area (Å²) in [7, 11) is -0.168. The SMILES string of the molecule is CNC(=O)c1c(-c2ccc(F)cc2)oc2nc(CN(CCCC(=O)OC)[SH](=O)=O)c(I)cc12. The summed E-state index contributed by atoms with van der Waals surface area (Å²) in [5.41, 5.74) is 1.33. The van der Waals surface area contributed by atoms with Crippen molar-refractivity contribution in [3.05, 3.63) is 51.0 Å². The summed E-state index contributed by atoms with van der Waals surface area (Å²) >= 11 is 2.02. The van der Waals surface area contributed by atoms with Crippen LogP contribution in [0.1, 0.15) is 28.9 Å². The first-order valence-corrected chi connectivity index (χ1v) is 12.0. The maximum Gasteiger partial charge on any atom is 0.305 e. The maximum absolute atomic E-state index is 13.4. The Hall–Kier alpha value is -2.58. The Morgan fingerprint density at radius 3 is 2.58 bits per heavy atom. The quantitative estimate of drug-likeness (QED) is 0.224. The molecule has 0 atom stereocenters. The minimum atomic E-state index is -2.92. The highest BCUT2D eigenvalue weighted by molar-refractivity contribution is 14.1. The monoisotopic (exact) mass is 589 g/mol. The molecule has 0 radical (unpaired) electrons. The Bertz CT molecular complexity index is 1250. The molecule has 1 N–H and O–H groups in total. The molecule has 3 rings (SSSR count). The molecule has 9 nitrogen and oxygen atoms in total. The molecule has 12 heteroatoms. The molecule has 176 valence electrons. The van der Waals surface area contributed by atoms with E-state index < -0.39 is 28.6 Å². The number of nitrogens with zero attached hydrogens (tertiary/aromatic N) is 2. The fourth-order valence-electron chi connectivity index (χ4n) is 3.20. The number of benzene rings is 1. The number of hydrogen-bond acceptors (Lipinski definition) is 7. The molecule has 2 heterocycles. The molecule has 0 spiro atoms. The number of halogens is 2. The van der Waals surface area contributed by atoms with Gasteiger partial charge in [0, 0.05) is 29.1 Å². The van der Waals surface area contributed by atoms with Gasteiger partial charge in [0.2, 0.25) is 16.6 Å². The lowest BCUT2D eigenvalue weighted by Gasteiger charge is -2.15. The highest BCUT2D eigenvalue weighted by Crippen LogP contribution is 2.34. The molecule has 0 fully saturated rings. The van der Waals surface area contributed by atoms with Crippen LogP contribution in [0, 0.1) is 9.39 Å². The smallest absolute Gasteiger partial charge is 0.305 e. The van der Waals surface area contributed by atoms with Crippen molar-refractivity contribution in [2.24, 2.45) is 0 Å². The van der Waals surface area contributed by atoms with Gasteiger partial charge in [0.25, 0.3) is 5.91 Å². The second-order valence-electron chi connectivity index (χ2n) is 6.97. The predicted octanol–water partition coefficient (Wildman–Crippen LogP) is 2.88. The third-order valence-corrected chi connectivity index (χ3v) is 6.59. The molecule has 3 aromatic rings. The number of fused-ring (bicyclic) bond motifs is 1. The predicted molar refractivity (Wildman–Crippen MR) is 127 cm³/mol.